The lowest BCUT2D eigenvalue weighted by Crippen LogP contribution is -2.44. The molecule has 0 amide bonds. The van der Waals surface area contributed by atoms with Gasteiger partial charge in [0.25, 0.3) is 5.79 Å². The Bertz CT molecular complexity index is 379. The molecule has 3 nitrogen and oxygen atoms in total. The Balaban J connectivity index is 1.86. The van der Waals surface area contributed by atoms with Gasteiger partial charge in [-0.1, -0.05) is 12.1 Å². The van der Waals surface area contributed by atoms with Crippen LogP contribution in [0, 0.1) is 0 Å². The third-order valence-corrected chi connectivity index (χ3v) is 4.18. The van der Waals surface area contributed by atoms with Gasteiger partial charge in [-0.05, 0) is 12.1 Å². The zero-order valence-corrected chi connectivity index (χ0v) is 9.09. The van der Waals surface area contributed by atoms with Gasteiger partial charge in [0.15, 0.2) is 11.5 Å². The minimum atomic E-state index is -0.688. The Labute approximate surface area is 90.8 Å². The van der Waals surface area contributed by atoms with Gasteiger partial charge in [0, 0.05) is 35.1 Å². The van der Waals surface area contributed by atoms with Crippen LogP contribution in [-0.2, 0) is 10.8 Å². The fraction of sp³-hybridized carbons (Fsp3) is 0.455. The molecule has 80 valence electrons. The van der Waals surface area contributed by atoms with Gasteiger partial charge in [0.1, 0.15) is 0 Å². The van der Waals surface area contributed by atoms with Gasteiger partial charge in [-0.15, -0.1) is 0 Å². The van der Waals surface area contributed by atoms with E-state index in [-0.39, 0.29) is 0 Å². The first-order chi connectivity index (χ1) is 7.27. The number of fused-ring (bicyclic) bond motifs is 1. The molecule has 2 heterocycles. The fourth-order valence-electron chi connectivity index (χ4n) is 2.01. The topological polar surface area (TPSA) is 35.5 Å². The van der Waals surface area contributed by atoms with Crippen molar-refractivity contribution >= 4 is 10.8 Å². The third kappa shape index (κ3) is 1.53. The minimum Gasteiger partial charge on any atom is -0.448 e. The van der Waals surface area contributed by atoms with Crippen LogP contribution < -0.4 is 9.47 Å². The molecule has 0 unspecified atom stereocenters. The first-order valence-corrected chi connectivity index (χ1v) is 6.58. The van der Waals surface area contributed by atoms with E-state index in [1.807, 2.05) is 24.3 Å². The maximum Gasteiger partial charge on any atom is 0.253 e. The van der Waals surface area contributed by atoms with Crippen molar-refractivity contribution in [1.82, 2.24) is 0 Å². The van der Waals surface area contributed by atoms with Crippen LogP contribution in [0.1, 0.15) is 12.8 Å². The fourth-order valence-corrected chi connectivity index (χ4v) is 3.29. The molecule has 0 bridgehead atoms. The molecule has 0 atom stereocenters. The molecular weight excluding hydrogens is 212 g/mol. The minimum absolute atomic E-state index is 0.530. The lowest BCUT2D eigenvalue weighted by Gasteiger charge is -2.30. The third-order valence-electron chi connectivity index (χ3n) is 2.86. The molecule has 2 aliphatic rings. The van der Waals surface area contributed by atoms with E-state index in [0.29, 0.717) is 24.3 Å². The first-order valence-electron chi connectivity index (χ1n) is 5.09. The highest BCUT2D eigenvalue weighted by Gasteiger charge is 2.43. The molecule has 3 rings (SSSR count). The second-order valence-electron chi connectivity index (χ2n) is 3.91. The summed E-state index contributed by atoms with van der Waals surface area (Å²) in [6.07, 6.45) is 1.43. The Morgan fingerprint density at radius 2 is 1.60 bits per heavy atom. The van der Waals surface area contributed by atoms with Crippen molar-refractivity contribution in [3.8, 4) is 11.5 Å². The van der Waals surface area contributed by atoms with Gasteiger partial charge in [-0.2, -0.15) is 0 Å². The van der Waals surface area contributed by atoms with Crippen LogP contribution in [0.25, 0.3) is 0 Å². The molecule has 0 saturated carbocycles. The van der Waals surface area contributed by atoms with E-state index >= 15 is 0 Å². The van der Waals surface area contributed by atoms with Gasteiger partial charge in [-0.25, -0.2) is 0 Å². The molecule has 1 saturated heterocycles. The molecule has 0 N–H and O–H groups in total. The van der Waals surface area contributed by atoms with Crippen molar-refractivity contribution in [2.45, 2.75) is 18.6 Å². The molecule has 1 aromatic rings. The summed E-state index contributed by atoms with van der Waals surface area (Å²) >= 11 is 0. The van der Waals surface area contributed by atoms with E-state index in [2.05, 4.69) is 0 Å². The summed E-state index contributed by atoms with van der Waals surface area (Å²) in [5.74, 6) is 2.44. The van der Waals surface area contributed by atoms with Gasteiger partial charge >= 0.3 is 0 Å². The summed E-state index contributed by atoms with van der Waals surface area (Å²) in [5.41, 5.74) is 0. The Kier molecular flexibility index (Phi) is 1.99. The lowest BCUT2D eigenvalue weighted by molar-refractivity contribution is -0.0850. The van der Waals surface area contributed by atoms with Crippen LogP contribution in [0.4, 0.5) is 0 Å². The van der Waals surface area contributed by atoms with E-state index < -0.39 is 16.6 Å². The zero-order chi connectivity index (χ0) is 10.3. The maximum atomic E-state index is 11.3. The van der Waals surface area contributed by atoms with Crippen LogP contribution in [0.15, 0.2) is 24.3 Å². The SMILES string of the molecule is O=S1CCC2(CC1)Oc1ccccc1O2. The Hall–Kier alpha value is -1.03. The summed E-state index contributed by atoms with van der Waals surface area (Å²) in [5, 5.41) is 0. The molecule has 15 heavy (non-hydrogen) atoms. The lowest BCUT2D eigenvalue weighted by atomic mass is 10.1. The number of para-hydroxylation sites is 2. The average Bonchev–Trinajstić information content (AvgIpc) is 2.61. The monoisotopic (exact) mass is 224 g/mol. The quantitative estimate of drug-likeness (QED) is 0.673. The molecule has 0 aliphatic carbocycles. The van der Waals surface area contributed by atoms with E-state index in [9.17, 15) is 4.21 Å². The number of hydrogen-bond acceptors (Lipinski definition) is 3. The van der Waals surface area contributed by atoms with Crippen molar-refractivity contribution < 1.29 is 13.7 Å². The molecule has 2 aliphatic heterocycles. The molecule has 0 radical (unpaired) electrons. The molecule has 1 spiro atoms. The number of rotatable bonds is 0. The standard InChI is InChI=1S/C11H12O3S/c12-15-7-5-11(6-8-15)13-9-3-1-2-4-10(9)14-11/h1-4H,5-8H2. The second kappa shape index (κ2) is 3.23. The maximum absolute atomic E-state index is 11.3. The Morgan fingerprint density at radius 3 is 2.13 bits per heavy atom. The number of ether oxygens (including phenoxy) is 2. The van der Waals surface area contributed by atoms with E-state index in [1.54, 1.807) is 0 Å². The van der Waals surface area contributed by atoms with Crippen molar-refractivity contribution in [3.05, 3.63) is 24.3 Å². The Morgan fingerprint density at radius 1 is 1.07 bits per heavy atom. The zero-order valence-electron chi connectivity index (χ0n) is 8.27. The molecule has 0 aromatic heterocycles. The highest BCUT2D eigenvalue weighted by atomic mass is 32.2. The first kappa shape index (κ1) is 9.21. The predicted molar refractivity (Wildman–Crippen MR) is 57.5 cm³/mol. The second-order valence-corrected chi connectivity index (χ2v) is 5.61. The van der Waals surface area contributed by atoms with Crippen LogP contribution in [0.3, 0.4) is 0 Å². The van der Waals surface area contributed by atoms with Gasteiger partial charge in [0.2, 0.25) is 0 Å². The summed E-state index contributed by atoms with van der Waals surface area (Å²) in [6, 6.07) is 7.69. The van der Waals surface area contributed by atoms with Crippen molar-refractivity contribution in [2.75, 3.05) is 11.5 Å². The van der Waals surface area contributed by atoms with E-state index in [1.165, 1.54) is 0 Å². The van der Waals surface area contributed by atoms with Crippen LogP contribution in [-0.4, -0.2) is 21.5 Å². The van der Waals surface area contributed by atoms with Crippen molar-refractivity contribution in [1.29, 1.82) is 0 Å². The summed E-state index contributed by atoms with van der Waals surface area (Å²) in [4.78, 5) is 0. The predicted octanol–water partition coefficient (Wildman–Crippen LogP) is 1.70. The molecular formula is C11H12O3S. The van der Waals surface area contributed by atoms with Crippen molar-refractivity contribution in [2.24, 2.45) is 0 Å². The van der Waals surface area contributed by atoms with Crippen LogP contribution in [0.5, 0.6) is 11.5 Å². The largest absolute Gasteiger partial charge is 0.448 e. The number of hydrogen-bond donors (Lipinski definition) is 0. The smallest absolute Gasteiger partial charge is 0.253 e. The van der Waals surface area contributed by atoms with Gasteiger partial charge in [-0.3, -0.25) is 4.21 Å². The van der Waals surface area contributed by atoms with Gasteiger partial charge in [0.05, 0.1) is 0 Å². The average molecular weight is 224 g/mol. The van der Waals surface area contributed by atoms with E-state index in [0.717, 1.165) is 11.5 Å². The van der Waals surface area contributed by atoms with Crippen LogP contribution in [0.2, 0.25) is 0 Å². The highest BCUT2D eigenvalue weighted by molar-refractivity contribution is 7.85. The van der Waals surface area contributed by atoms with Crippen LogP contribution >= 0.6 is 0 Å². The van der Waals surface area contributed by atoms with Crippen molar-refractivity contribution in [3.63, 3.8) is 0 Å². The normalized spacial score (nSPS) is 23.2. The summed E-state index contributed by atoms with van der Waals surface area (Å²) < 4.78 is 22.9. The number of benzene rings is 1. The molecule has 4 heteroatoms. The highest BCUT2D eigenvalue weighted by Crippen LogP contribution is 2.43. The summed E-state index contributed by atoms with van der Waals surface area (Å²) in [7, 11) is -0.688. The van der Waals surface area contributed by atoms with E-state index in [4.69, 9.17) is 9.47 Å². The summed E-state index contributed by atoms with van der Waals surface area (Å²) in [6.45, 7) is 0. The van der Waals surface area contributed by atoms with Gasteiger partial charge < -0.3 is 9.47 Å². The molecule has 1 aromatic carbocycles. The molecule has 1 fully saturated rings.